The van der Waals surface area contributed by atoms with Gasteiger partial charge in [0.15, 0.2) is 0 Å². The van der Waals surface area contributed by atoms with Crippen LogP contribution in [0.25, 0.3) is 5.57 Å². The first-order valence-electron chi connectivity index (χ1n) is 12.4. The first-order valence-corrected chi connectivity index (χ1v) is 12.4. The normalized spacial score (nSPS) is 20.8. The molecule has 0 bridgehead atoms. The SMILES string of the molecule is CN1CCN(CC(O)CN2CCc3ccccc3C2)Cc2ccc(C3=CCCCC3)cc21. The number of aliphatic hydroxyl groups excluding tert-OH is 1. The Morgan fingerprint density at radius 2 is 1.62 bits per heavy atom. The molecular formula is C28H37N3O. The lowest BCUT2D eigenvalue weighted by Crippen LogP contribution is -2.42. The molecule has 0 aromatic heterocycles. The highest BCUT2D eigenvalue weighted by atomic mass is 16.3. The summed E-state index contributed by atoms with van der Waals surface area (Å²) in [6, 6.07) is 15.8. The van der Waals surface area contributed by atoms with Gasteiger partial charge in [0.2, 0.25) is 0 Å². The minimum Gasteiger partial charge on any atom is -0.390 e. The molecule has 32 heavy (non-hydrogen) atoms. The Morgan fingerprint density at radius 3 is 2.44 bits per heavy atom. The minimum atomic E-state index is -0.321. The molecule has 1 N–H and O–H groups in total. The smallest absolute Gasteiger partial charge is 0.0794 e. The van der Waals surface area contributed by atoms with Crippen molar-refractivity contribution in [3.05, 3.63) is 70.8 Å². The van der Waals surface area contributed by atoms with E-state index in [4.69, 9.17) is 0 Å². The van der Waals surface area contributed by atoms with E-state index in [1.807, 2.05) is 0 Å². The van der Waals surface area contributed by atoms with Crippen LogP contribution in [-0.2, 0) is 19.5 Å². The van der Waals surface area contributed by atoms with E-state index in [9.17, 15) is 5.11 Å². The summed E-state index contributed by atoms with van der Waals surface area (Å²) in [7, 11) is 2.21. The largest absolute Gasteiger partial charge is 0.390 e. The lowest BCUT2D eigenvalue weighted by molar-refractivity contribution is 0.0682. The highest BCUT2D eigenvalue weighted by Gasteiger charge is 2.23. The van der Waals surface area contributed by atoms with Gasteiger partial charge in [-0.25, -0.2) is 0 Å². The number of likely N-dealkylation sites (N-methyl/N-ethyl adjacent to an activating group) is 1. The molecule has 2 heterocycles. The first kappa shape index (κ1) is 21.7. The molecule has 0 saturated carbocycles. The summed E-state index contributed by atoms with van der Waals surface area (Å²) in [5.41, 5.74) is 8.54. The third-order valence-electron chi connectivity index (χ3n) is 7.45. The van der Waals surface area contributed by atoms with Gasteiger partial charge >= 0.3 is 0 Å². The van der Waals surface area contributed by atoms with Crippen molar-refractivity contribution in [1.82, 2.24) is 9.80 Å². The molecule has 0 saturated heterocycles. The molecule has 4 heteroatoms. The highest BCUT2D eigenvalue weighted by Crippen LogP contribution is 2.32. The molecule has 5 rings (SSSR count). The van der Waals surface area contributed by atoms with E-state index < -0.39 is 0 Å². The monoisotopic (exact) mass is 431 g/mol. The van der Waals surface area contributed by atoms with Crippen LogP contribution < -0.4 is 4.90 Å². The molecule has 2 aromatic carbocycles. The first-order chi connectivity index (χ1) is 15.7. The third kappa shape index (κ3) is 4.93. The van der Waals surface area contributed by atoms with E-state index in [0.717, 1.165) is 52.2 Å². The van der Waals surface area contributed by atoms with Crippen molar-refractivity contribution in [1.29, 1.82) is 0 Å². The summed E-state index contributed by atoms with van der Waals surface area (Å²) >= 11 is 0. The van der Waals surface area contributed by atoms with Crippen molar-refractivity contribution < 1.29 is 5.11 Å². The average Bonchev–Trinajstić information content (AvgIpc) is 2.97. The molecule has 3 aliphatic rings. The molecule has 1 aliphatic carbocycles. The van der Waals surface area contributed by atoms with Gasteiger partial charge in [0.25, 0.3) is 0 Å². The summed E-state index contributed by atoms with van der Waals surface area (Å²) in [5.74, 6) is 0. The molecule has 0 spiro atoms. The molecular weight excluding hydrogens is 394 g/mol. The van der Waals surface area contributed by atoms with Crippen LogP contribution in [0.2, 0.25) is 0 Å². The molecule has 0 radical (unpaired) electrons. The Kier molecular flexibility index (Phi) is 6.63. The maximum absolute atomic E-state index is 10.9. The Hall–Kier alpha value is -2.14. The second-order valence-corrected chi connectivity index (χ2v) is 9.88. The van der Waals surface area contributed by atoms with E-state index in [1.54, 1.807) is 0 Å². The Balaban J connectivity index is 1.22. The number of fused-ring (bicyclic) bond motifs is 2. The molecule has 2 aromatic rings. The summed E-state index contributed by atoms with van der Waals surface area (Å²) in [4.78, 5) is 7.25. The second-order valence-electron chi connectivity index (χ2n) is 9.88. The van der Waals surface area contributed by atoms with Gasteiger partial charge in [-0.3, -0.25) is 9.80 Å². The quantitative estimate of drug-likeness (QED) is 0.764. The van der Waals surface area contributed by atoms with Crippen molar-refractivity contribution >= 4 is 11.3 Å². The van der Waals surface area contributed by atoms with Gasteiger partial charge in [0.05, 0.1) is 6.10 Å². The molecule has 4 nitrogen and oxygen atoms in total. The van der Waals surface area contributed by atoms with Gasteiger partial charge in [-0.05, 0) is 66.0 Å². The van der Waals surface area contributed by atoms with Gasteiger partial charge in [-0.2, -0.15) is 0 Å². The van der Waals surface area contributed by atoms with Crippen molar-refractivity contribution in [3.63, 3.8) is 0 Å². The fourth-order valence-corrected chi connectivity index (χ4v) is 5.60. The van der Waals surface area contributed by atoms with Crippen LogP contribution >= 0.6 is 0 Å². The molecule has 0 fully saturated rings. The van der Waals surface area contributed by atoms with Crippen LogP contribution in [-0.4, -0.2) is 60.8 Å². The van der Waals surface area contributed by atoms with E-state index in [0.29, 0.717) is 0 Å². The number of aliphatic hydroxyl groups is 1. The van der Waals surface area contributed by atoms with Crippen LogP contribution in [0.1, 0.15) is 47.9 Å². The topological polar surface area (TPSA) is 30.0 Å². The molecule has 170 valence electrons. The maximum atomic E-state index is 10.9. The van der Waals surface area contributed by atoms with Crippen molar-refractivity contribution in [3.8, 4) is 0 Å². The van der Waals surface area contributed by atoms with Crippen LogP contribution in [0.3, 0.4) is 0 Å². The number of nitrogens with zero attached hydrogens (tertiary/aromatic N) is 3. The second kappa shape index (κ2) is 9.78. The van der Waals surface area contributed by atoms with Crippen LogP contribution in [0, 0.1) is 0 Å². The summed E-state index contributed by atoms with van der Waals surface area (Å²) in [6.07, 6.45) is 8.27. The standard InChI is InChI=1S/C28H37N3O/c1-29-15-16-31(19-26-12-11-24(17-28(26)29)22-7-3-2-4-8-22)21-27(32)20-30-14-13-23-9-5-6-10-25(23)18-30/h5-7,9-12,17,27,32H,2-4,8,13-16,18-21H2,1H3. The Labute approximate surface area is 193 Å². The van der Waals surface area contributed by atoms with Crippen molar-refractivity contribution in [2.24, 2.45) is 0 Å². The fourth-order valence-electron chi connectivity index (χ4n) is 5.60. The number of hydrogen-bond acceptors (Lipinski definition) is 4. The fraction of sp³-hybridized carbons (Fsp3) is 0.500. The zero-order valence-corrected chi connectivity index (χ0v) is 19.5. The summed E-state index contributed by atoms with van der Waals surface area (Å²) in [5, 5.41) is 10.9. The Morgan fingerprint density at radius 1 is 0.844 bits per heavy atom. The maximum Gasteiger partial charge on any atom is 0.0794 e. The van der Waals surface area contributed by atoms with Crippen molar-refractivity contribution in [2.45, 2.75) is 51.3 Å². The van der Waals surface area contributed by atoms with E-state index in [1.165, 1.54) is 59.2 Å². The number of allylic oxidation sites excluding steroid dienone is 2. The molecule has 1 unspecified atom stereocenters. The van der Waals surface area contributed by atoms with E-state index in [-0.39, 0.29) is 6.10 Å². The zero-order chi connectivity index (χ0) is 21.9. The van der Waals surface area contributed by atoms with Gasteiger partial charge < -0.3 is 10.0 Å². The van der Waals surface area contributed by atoms with Gasteiger partial charge in [-0.1, -0.05) is 42.5 Å². The summed E-state index contributed by atoms with van der Waals surface area (Å²) < 4.78 is 0. The molecule has 0 amide bonds. The highest BCUT2D eigenvalue weighted by molar-refractivity contribution is 5.71. The third-order valence-corrected chi connectivity index (χ3v) is 7.45. The average molecular weight is 432 g/mol. The van der Waals surface area contributed by atoms with Gasteiger partial charge in [0, 0.05) is 58.5 Å². The van der Waals surface area contributed by atoms with Crippen LogP contribution in [0.5, 0.6) is 0 Å². The van der Waals surface area contributed by atoms with Crippen LogP contribution in [0.15, 0.2) is 48.5 Å². The number of rotatable bonds is 5. The number of hydrogen-bond donors (Lipinski definition) is 1. The van der Waals surface area contributed by atoms with Crippen LogP contribution in [0.4, 0.5) is 5.69 Å². The van der Waals surface area contributed by atoms with Crippen molar-refractivity contribution in [2.75, 3.05) is 44.7 Å². The zero-order valence-electron chi connectivity index (χ0n) is 19.5. The Bertz CT molecular complexity index is 969. The lowest BCUT2D eigenvalue weighted by atomic mass is 9.92. The molecule has 2 aliphatic heterocycles. The summed E-state index contributed by atoms with van der Waals surface area (Å²) in [6.45, 7) is 6.38. The lowest BCUT2D eigenvalue weighted by Gasteiger charge is -2.32. The van der Waals surface area contributed by atoms with Gasteiger partial charge in [-0.15, -0.1) is 0 Å². The molecule has 1 atom stereocenters. The number of benzene rings is 2. The van der Waals surface area contributed by atoms with E-state index in [2.05, 4.69) is 70.3 Å². The number of anilines is 1. The predicted molar refractivity (Wildman–Crippen MR) is 133 cm³/mol. The van der Waals surface area contributed by atoms with Gasteiger partial charge in [0.1, 0.15) is 0 Å². The number of β-amino-alcohol motifs (C(OH)–C–C–N with tert-alkyl or cyclic N) is 1. The van der Waals surface area contributed by atoms with E-state index >= 15 is 0 Å². The minimum absolute atomic E-state index is 0.321. The predicted octanol–water partition coefficient (Wildman–Crippen LogP) is 4.32.